The molecule has 0 N–H and O–H groups in total. The van der Waals surface area contributed by atoms with E-state index in [1.807, 2.05) is 0 Å². The van der Waals surface area contributed by atoms with E-state index >= 15 is 0 Å². The van der Waals surface area contributed by atoms with Gasteiger partial charge in [-0.3, -0.25) is 0 Å². The maximum absolute atomic E-state index is 3.96. The van der Waals surface area contributed by atoms with Crippen molar-refractivity contribution in [3.05, 3.63) is 0 Å². The van der Waals surface area contributed by atoms with Gasteiger partial charge in [0.25, 0.3) is 0 Å². The van der Waals surface area contributed by atoms with Gasteiger partial charge in [-0.1, -0.05) is 13.8 Å². The van der Waals surface area contributed by atoms with Crippen molar-refractivity contribution in [3.8, 4) is 0 Å². The molecule has 0 aromatic carbocycles. The highest BCUT2D eigenvalue weighted by atomic mass is 79.9. The Morgan fingerprint density at radius 3 is 2.23 bits per heavy atom. The molecule has 1 spiro atoms. The predicted octanol–water partition coefficient (Wildman–Crippen LogP) is 4.19. The molecule has 2 fully saturated rings. The van der Waals surface area contributed by atoms with Gasteiger partial charge in [-0.2, -0.15) is 0 Å². The first-order valence-electron chi connectivity index (χ1n) is 5.62. The molecule has 0 saturated carbocycles. The topological polar surface area (TPSA) is 0 Å². The maximum Gasteiger partial charge on any atom is 0.123 e. The molecular formula is C11H21BrP+. The summed E-state index contributed by atoms with van der Waals surface area (Å²) < 4.78 is 0.935. The van der Waals surface area contributed by atoms with Gasteiger partial charge in [-0.25, -0.2) is 0 Å². The summed E-state index contributed by atoms with van der Waals surface area (Å²) in [4.78, 5) is 0. The Morgan fingerprint density at radius 1 is 1.15 bits per heavy atom. The second-order valence-corrected chi connectivity index (χ2v) is 11.4. The lowest BCUT2D eigenvalue weighted by Gasteiger charge is -2.36. The fraction of sp³-hybridized carbons (Fsp3) is 1.00. The zero-order chi connectivity index (χ0) is 9.47. The van der Waals surface area contributed by atoms with Gasteiger partial charge in [-0.05, 0) is 47.0 Å². The zero-order valence-corrected chi connectivity index (χ0v) is 11.3. The molecule has 0 aliphatic carbocycles. The van der Waals surface area contributed by atoms with Crippen LogP contribution < -0.4 is 0 Å². The Kier molecular flexibility index (Phi) is 3.06. The largest absolute Gasteiger partial charge is 0.123 e. The highest BCUT2D eigenvalue weighted by molar-refractivity contribution is 9.11. The van der Waals surface area contributed by atoms with E-state index in [-0.39, 0.29) is 0 Å². The molecule has 76 valence electrons. The fourth-order valence-electron chi connectivity index (χ4n) is 3.55. The molecule has 3 unspecified atom stereocenters. The Morgan fingerprint density at radius 2 is 1.77 bits per heavy atom. The van der Waals surface area contributed by atoms with E-state index < -0.39 is 7.26 Å². The molecule has 13 heavy (non-hydrogen) atoms. The van der Waals surface area contributed by atoms with Gasteiger partial charge in [0, 0.05) is 7.26 Å². The smallest absolute Gasteiger partial charge is 0.0590 e. The molecule has 2 rings (SSSR count). The molecule has 0 nitrogen and oxygen atoms in total. The third-order valence-corrected chi connectivity index (χ3v) is 12.2. The van der Waals surface area contributed by atoms with Gasteiger partial charge in [0.15, 0.2) is 0 Å². The van der Waals surface area contributed by atoms with Crippen molar-refractivity contribution in [1.82, 2.24) is 0 Å². The Hall–Kier alpha value is 0.910. The summed E-state index contributed by atoms with van der Waals surface area (Å²) in [5, 5.41) is 0. The van der Waals surface area contributed by atoms with Crippen LogP contribution >= 0.6 is 23.2 Å². The average molecular weight is 264 g/mol. The van der Waals surface area contributed by atoms with Crippen molar-refractivity contribution in [2.75, 3.05) is 18.5 Å². The lowest BCUT2D eigenvalue weighted by Crippen LogP contribution is -2.26. The van der Waals surface area contributed by atoms with Crippen molar-refractivity contribution in [3.63, 3.8) is 0 Å². The zero-order valence-electron chi connectivity index (χ0n) is 8.80. The molecule has 0 bridgehead atoms. The van der Waals surface area contributed by atoms with Crippen LogP contribution in [0.1, 0.15) is 33.1 Å². The summed E-state index contributed by atoms with van der Waals surface area (Å²) in [7, 11) is -0.528. The van der Waals surface area contributed by atoms with E-state index in [0.29, 0.717) is 0 Å². The molecule has 0 radical (unpaired) electrons. The third-order valence-electron chi connectivity index (χ3n) is 3.80. The molecule has 3 atom stereocenters. The predicted molar refractivity (Wildman–Crippen MR) is 66.4 cm³/mol. The summed E-state index contributed by atoms with van der Waals surface area (Å²) in [5.74, 6) is 2.02. The summed E-state index contributed by atoms with van der Waals surface area (Å²) in [6.45, 7) is 4.94. The summed E-state index contributed by atoms with van der Waals surface area (Å²) in [6, 6.07) is 0. The van der Waals surface area contributed by atoms with Gasteiger partial charge < -0.3 is 0 Å². The van der Waals surface area contributed by atoms with E-state index in [1.54, 1.807) is 18.5 Å². The molecule has 2 heterocycles. The number of hydrogen-bond donors (Lipinski definition) is 0. The molecule has 0 aromatic heterocycles. The van der Waals surface area contributed by atoms with E-state index in [4.69, 9.17) is 0 Å². The van der Waals surface area contributed by atoms with Crippen LogP contribution in [0.25, 0.3) is 0 Å². The minimum atomic E-state index is -0.528. The van der Waals surface area contributed by atoms with Crippen molar-refractivity contribution >= 4 is 23.2 Å². The highest BCUT2D eigenvalue weighted by Crippen LogP contribution is 2.74. The minimum Gasteiger partial charge on any atom is -0.0590 e. The van der Waals surface area contributed by atoms with E-state index in [0.717, 1.165) is 16.4 Å². The monoisotopic (exact) mass is 263 g/mol. The second-order valence-electron chi connectivity index (χ2n) is 5.33. The SMILES string of the molecule is CC1CC(C)C[P+]2(CCCC2Br)C1. The standard InChI is InChI=1S/C11H21BrP/c1-9-6-10(2)8-13(7-9)5-3-4-11(13)12/h9-11H,3-8H2,1-2H3/q+1. The van der Waals surface area contributed by atoms with Gasteiger partial charge in [0.2, 0.25) is 0 Å². The van der Waals surface area contributed by atoms with Crippen molar-refractivity contribution in [1.29, 1.82) is 0 Å². The molecule has 2 aliphatic rings. The number of alkyl halides is 1. The van der Waals surface area contributed by atoms with E-state index in [1.165, 1.54) is 19.3 Å². The van der Waals surface area contributed by atoms with Crippen LogP contribution in [0.15, 0.2) is 0 Å². The summed E-state index contributed by atoms with van der Waals surface area (Å²) in [5.41, 5.74) is 0. The highest BCUT2D eigenvalue weighted by Gasteiger charge is 2.52. The normalized spacial score (nSPS) is 51.5. The average Bonchev–Trinajstić information content (AvgIpc) is 2.30. The molecule has 0 amide bonds. The first kappa shape index (κ1) is 10.4. The quantitative estimate of drug-likeness (QED) is 0.454. The van der Waals surface area contributed by atoms with E-state index in [9.17, 15) is 0 Å². The van der Waals surface area contributed by atoms with Crippen LogP contribution in [0.2, 0.25) is 0 Å². The second kappa shape index (κ2) is 3.81. The summed E-state index contributed by atoms with van der Waals surface area (Å²) in [6.07, 6.45) is 9.23. The first-order chi connectivity index (χ1) is 6.12. The van der Waals surface area contributed by atoms with Crippen molar-refractivity contribution in [2.45, 2.75) is 37.7 Å². The molecule has 2 aliphatic heterocycles. The first-order valence-corrected chi connectivity index (χ1v) is 8.95. The number of rotatable bonds is 0. The Bertz CT molecular complexity index is 183. The van der Waals surface area contributed by atoms with Crippen molar-refractivity contribution < 1.29 is 0 Å². The van der Waals surface area contributed by atoms with Gasteiger partial charge in [0.1, 0.15) is 4.57 Å². The lowest BCUT2D eigenvalue weighted by molar-refractivity contribution is 0.454. The third kappa shape index (κ3) is 1.97. The number of halogens is 1. The van der Waals surface area contributed by atoms with Gasteiger partial charge in [0.05, 0.1) is 18.5 Å². The lowest BCUT2D eigenvalue weighted by atomic mass is 10.00. The van der Waals surface area contributed by atoms with Gasteiger partial charge >= 0.3 is 0 Å². The van der Waals surface area contributed by atoms with Crippen LogP contribution in [0.5, 0.6) is 0 Å². The maximum atomic E-state index is 3.96. The molecular weight excluding hydrogens is 243 g/mol. The Labute approximate surface area is 91.3 Å². The van der Waals surface area contributed by atoms with Crippen molar-refractivity contribution in [2.24, 2.45) is 11.8 Å². The minimum absolute atomic E-state index is 0.528. The van der Waals surface area contributed by atoms with Crippen LogP contribution in [0.3, 0.4) is 0 Å². The molecule has 2 saturated heterocycles. The Balaban J connectivity index is 2.12. The fourth-order valence-corrected chi connectivity index (χ4v) is 11.1. The molecule has 0 aromatic rings. The number of hydrogen-bond acceptors (Lipinski definition) is 0. The van der Waals surface area contributed by atoms with E-state index in [2.05, 4.69) is 29.8 Å². The van der Waals surface area contributed by atoms with Gasteiger partial charge in [-0.15, -0.1) is 0 Å². The molecule has 2 heteroatoms. The van der Waals surface area contributed by atoms with Crippen LogP contribution in [0, 0.1) is 11.8 Å². The summed E-state index contributed by atoms with van der Waals surface area (Å²) >= 11 is 3.96. The van der Waals surface area contributed by atoms with Crippen LogP contribution in [-0.2, 0) is 0 Å². The van der Waals surface area contributed by atoms with Crippen LogP contribution in [0.4, 0.5) is 0 Å². The van der Waals surface area contributed by atoms with Crippen LogP contribution in [-0.4, -0.2) is 23.1 Å².